The molecule has 1 rings (SSSR count). The van der Waals surface area contributed by atoms with Gasteiger partial charge in [-0.05, 0) is 0 Å². The number of hydrogen-bond acceptors (Lipinski definition) is 10. The summed E-state index contributed by atoms with van der Waals surface area (Å²) < 4.78 is 26.2. The third-order valence-corrected chi connectivity index (χ3v) is 3.06. The van der Waals surface area contributed by atoms with E-state index in [0.717, 1.165) is 13.8 Å². The van der Waals surface area contributed by atoms with Crippen LogP contribution in [0.3, 0.4) is 0 Å². The molecule has 11 heteroatoms. The van der Waals surface area contributed by atoms with Gasteiger partial charge >= 0.3 is 17.9 Å². The molecule has 5 atom stereocenters. The molecule has 0 saturated carbocycles. The number of nitrogens with zero attached hydrogens (tertiary/aromatic N) is 2. The molecule has 0 bridgehead atoms. The maximum absolute atomic E-state index is 11.4. The minimum Gasteiger partial charge on any atom is -0.456 e. The van der Waals surface area contributed by atoms with Gasteiger partial charge in [0.1, 0.15) is 16.7 Å². The summed E-state index contributed by atoms with van der Waals surface area (Å²) in [6.07, 6.45) is -5.43. The van der Waals surface area contributed by atoms with Gasteiger partial charge in [0.15, 0.2) is 31.1 Å². The Hall–Kier alpha value is -2.36. The fourth-order valence-corrected chi connectivity index (χ4v) is 2.31. The minimum atomic E-state index is -1.17. The van der Waals surface area contributed by atoms with Crippen LogP contribution in [0.2, 0.25) is 0 Å². The topological polar surface area (TPSA) is 148 Å². The maximum atomic E-state index is 11.4. The van der Waals surface area contributed by atoms with Crippen molar-refractivity contribution in [3.05, 3.63) is 0 Å². The number of methoxy groups -OCH3 is 1. The third kappa shape index (κ3) is 5.37. The zero-order valence-electron chi connectivity index (χ0n) is 13.8. The van der Waals surface area contributed by atoms with E-state index in [-0.39, 0.29) is 6.54 Å². The SMILES string of the molecule is CO[C@H]1O[C@H](CN=[N+]=N)[C@@H](OC(C)=O)[C@H](OC(C)=O)[C@H]1OC(C)=O. The van der Waals surface area contributed by atoms with Gasteiger partial charge in [0, 0.05) is 27.9 Å². The molecule has 0 unspecified atom stereocenters. The highest BCUT2D eigenvalue weighted by Gasteiger charge is 2.52. The Kier molecular flexibility index (Phi) is 7.43. The standard InChI is InChI=1S/C13H20N3O8/c1-6(17)21-10-9(5-15-16-14)24-13(20-4)12(23-8(3)19)11(10)22-7(2)18/h9-14H,5H2,1-4H3/q+1/t9-,10-,11+,12-,13+/m1/s1. The highest BCUT2D eigenvalue weighted by molar-refractivity contribution is 5.68. The van der Waals surface area contributed by atoms with E-state index in [1.54, 1.807) is 0 Å². The van der Waals surface area contributed by atoms with Crippen LogP contribution in [0.4, 0.5) is 0 Å². The predicted octanol–water partition coefficient (Wildman–Crippen LogP) is -0.297. The largest absolute Gasteiger partial charge is 0.456 e. The maximum Gasteiger partial charge on any atom is 0.303 e. The van der Waals surface area contributed by atoms with E-state index < -0.39 is 48.6 Å². The first-order valence-corrected chi connectivity index (χ1v) is 7.03. The molecule has 11 nitrogen and oxygen atoms in total. The number of carbonyl (C=O) groups is 3. The van der Waals surface area contributed by atoms with Gasteiger partial charge in [0.25, 0.3) is 0 Å². The smallest absolute Gasteiger partial charge is 0.303 e. The molecule has 1 aliphatic rings. The van der Waals surface area contributed by atoms with Crippen molar-refractivity contribution in [1.29, 1.82) is 5.53 Å². The van der Waals surface area contributed by atoms with Crippen LogP contribution in [0.1, 0.15) is 20.8 Å². The number of nitrogens with one attached hydrogen (secondary N) is 1. The van der Waals surface area contributed by atoms with E-state index in [0.29, 0.717) is 0 Å². The Bertz CT molecular complexity index is 533. The van der Waals surface area contributed by atoms with Gasteiger partial charge in [-0.15, -0.1) is 0 Å². The zero-order valence-corrected chi connectivity index (χ0v) is 13.8. The Morgan fingerprint density at radius 3 is 1.96 bits per heavy atom. The summed E-state index contributed by atoms with van der Waals surface area (Å²) >= 11 is 0. The second-order valence-corrected chi connectivity index (χ2v) is 4.92. The fourth-order valence-electron chi connectivity index (χ4n) is 2.31. The van der Waals surface area contributed by atoms with Gasteiger partial charge in [-0.25, -0.2) is 0 Å². The molecule has 1 fully saturated rings. The quantitative estimate of drug-likeness (QED) is 0.298. The minimum absolute atomic E-state index is 0.147. The highest BCUT2D eigenvalue weighted by atomic mass is 16.7. The average molecular weight is 346 g/mol. The molecule has 0 radical (unpaired) electrons. The van der Waals surface area contributed by atoms with Crippen molar-refractivity contribution in [3.63, 3.8) is 0 Å². The normalized spacial score (nSPS) is 29.1. The lowest BCUT2D eigenvalue weighted by Crippen LogP contribution is -2.62. The van der Waals surface area contributed by atoms with Crippen LogP contribution in [0.15, 0.2) is 5.11 Å². The van der Waals surface area contributed by atoms with Gasteiger partial charge in [-0.2, -0.15) is 0 Å². The van der Waals surface area contributed by atoms with E-state index in [1.807, 2.05) is 0 Å². The summed E-state index contributed by atoms with van der Waals surface area (Å²) in [5.74, 6) is -1.99. The van der Waals surface area contributed by atoms with E-state index >= 15 is 0 Å². The van der Waals surface area contributed by atoms with Crippen molar-refractivity contribution < 1.29 is 38.1 Å². The fraction of sp³-hybridized carbons (Fsp3) is 0.769. The molecule has 0 amide bonds. The van der Waals surface area contributed by atoms with Crippen molar-refractivity contribution in [2.24, 2.45) is 5.11 Å². The van der Waals surface area contributed by atoms with Gasteiger partial charge < -0.3 is 23.7 Å². The van der Waals surface area contributed by atoms with Crippen molar-refractivity contribution in [1.82, 2.24) is 4.91 Å². The number of rotatable bonds is 6. The molecule has 1 heterocycles. The van der Waals surface area contributed by atoms with Crippen LogP contribution in [0.25, 0.3) is 0 Å². The lowest BCUT2D eigenvalue weighted by atomic mass is 9.98. The summed E-state index contributed by atoms with van der Waals surface area (Å²) in [6, 6.07) is 0. The number of ether oxygens (including phenoxy) is 5. The Morgan fingerprint density at radius 1 is 1.00 bits per heavy atom. The van der Waals surface area contributed by atoms with Crippen molar-refractivity contribution in [2.75, 3.05) is 13.7 Å². The van der Waals surface area contributed by atoms with Crippen LogP contribution in [-0.4, -0.2) is 62.3 Å². The second-order valence-electron chi connectivity index (χ2n) is 4.92. The van der Waals surface area contributed by atoms with Crippen LogP contribution >= 0.6 is 0 Å². The first-order valence-electron chi connectivity index (χ1n) is 7.03. The van der Waals surface area contributed by atoms with Crippen molar-refractivity contribution in [3.8, 4) is 0 Å². The third-order valence-electron chi connectivity index (χ3n) is 3.06. The molecule has 1 saturated heterocycles. The van der Waals surface area contributed by atoms with Crippen LogP contribution < -0.4 is 4.91 Å². The molecule has 24 heavy (non-hydrogen) atoms. The molecule has 0 aromatic heterocycles. The molecule has 0 aromatic carbocycles. The summed E-state index contributed by atoms with van der Waals surface area (Å²) in [5, 5.41) is 3.49. The van der Waals surface area contributed by atoms with Crippen LogP contribution in [0.5, 0.6) is 0 Å². The van der Waals surface area contributed by atoms with Crippen LogP contribution in [0, 0.1) is 5.53 Å². The second kappa shape index (κ2) is 9.06. The molecule has 0 spiro atoms. The summed E-state index contributed by atoms with van der Waals surface area (Å²) in [5.41, 5.74) is 6.73. The molecular weight excluding hydrogens is 326 g/mol. The average Bonchev–Trinajstić information content (AvgIpc) is 2.48. The summed E-state index contributed by atoms with van der Waals surface area (Å²) in [4.78, 5) is 37.0. The molecular formula is C13H20N3O8+. The Balaban J connectivity index is 3.22. The van der Waals surface area contributed by atoms with Gasteiger partial charge in [-0.1, -0.05) is 0 Å². The van der Waals surface area contributed by atoms with Gasteiger partial charge in [-0.3, -0.25) is 14.4 Å². The first kappa shape index (κ1) is 19.7. The lowest BCUT2D eigenvalue weighted by Gasteiger charge is -2.43. The number of esters is 3. The molecule has 134 valence electrons. The van der Waals surface area contributed by atoms with Crippen molar-refractivity contribution in [2.45, 2.75) is 51.5 Å². The van der Waals surface area contributed by atoms with E-state index in [2.05, 4.69) is 10.0 Å². The first-order chi connectivity index (χ1) is 11.3. The molecule has 1 N–H and O–H groups in total. The number of hydrogen-bond donors (Lipinski definition) is 1. The monoisotopic (exact) mass is 346 g/mol. The number of carbonyl (C=O) groups excluding carboxylic acids is 3. The lowest BCUT2D eigenvalue weighted by molar-refractivity contribution is -0.296. The van der Waals surface area contributed by atoms with E-state index in [9.17, 15) is 14.4 Å². The summed E-state index contributed by atoms with van der Waals surface area (Å²) in [6.45, 7) is 3.34. The molecule has 1 aliphatic heterocycles. The Morgan fingerprint density at radius 2 is 1.50 bits per heavy atom. The Labute approximate surface area is 137 Å². The van der Waals surface area contributed by atoms with E-state index in [4.69, 9.17) is 29.2 Å². The predicted molar refractivity (Wildman–Crippen MR) is 74.5 cm³/mol. The van der Waals surface area contributed by atoms with Crippen molar-refractivity contribution >= 4 is 17.9 Å². The molecule has 0 aliphatic carbocycles. The van der Waals surface area contributed by atoms with Gasteiger partial charge in [0.2, 0.25) is 4.91 Å². The van der Waals surface area contributed by atoms with Crippen LogP contribution in [-0.2, 0) is 38.1 Å². The van der Waals surface area contributed by atoms with E-state index in [1.165, 1.54) is 14.0 Å². The summed E-state index contributed by atoms with van der Waals surface area (Å²) in [7, 11) is 1.31. The molecule has 0 aromatic rings. The highest BCUT2D eigenvalue weighted by Crippen LogP contribution is 2.29. The zero-order chi connectivity index (χ0) is 18.3. The van der Waals surface area contributed by atoms with Gasteiger partial charge in [0.05, 0.1) is 0 Å².